The van der Waals surface area contributed by atoms with Crippen LogP contribution in [0.1, 0.15) is 6.92 Å². The maximum Gasteiger partial charge on any atom is 0.523 e. The van der Waals surface area contributed by atoms with E-state index in [4.69, 9.17) is 9.47 Å². The lowest BCUT2D eigenvalue weighted by Crippen LogP contribution is -2.70. The summed E-state index contributed by atoms with van der Waals surface area (Å²) in [7, 11) is -4.66. The van der Waals surface area contributed by atoms with E-state index in [1.807, 2.05) is 0 Å². The smallest absolute Gasteiger partial charge is 0.497 e. The third-order valence-electron chi connectivity index (χ3n) is 3.44. The second-order valence-electron chi connectivity index (χ2n) is 5.02. The zero-order valence-corrected chi connectivity index (χ0v) is 14.3. The second-order valence-corrected chi connectivity index (χ2v) is 6.58. The van der Waals surface area contributed by atoms with Gasteiger partial charge >= 0.3 is 21.6 Å². The predicted molar refractivity (Wildman–Crippen MR) is 80.7 cm³/mol. The van der Waals surface area contributed by atoms with Crippen LogP contribution in [-0.4, -0.2) is 51.7 Å². The van der Waals surface area contributed by atoms with Gasteiger partial charge in [-0.1, -0.05) is 0 Å². The van der Waals surface area contributed by atoms with Crippen LogP contribution < -0.4 is 9.64 Å². The number of hydrogen-bond donors (Lipinski definition) is 0. The number of nitrogens with zero attached hydrogens (tertiary/aromatic N) is 1. The number of rotatable bonds is 6. The monoisotopic (exact) mass is 397 g/mol. The molecule has 0 bridgehead atoms. The van der Waals surface area contributed by atoms with Crippen LogP contribution in [0.15, 0.2) is 24.3 Å². The molecule has 2 atom stereocenters. The van der Waals surface area contributed by atoms with Gasteiger partial charge in [0.1, 0.15) is 5.75 Å². The van der Waals surface area contributed by atoms with Gasteiger partial charge in [-0.2, -0.15) is 21.6 Å². The molecule has 0 N–H and O–H groups in total. The molecular formula is C14H14F3NO7S. The van der Waals surface area contributed by atoms with Crippen molar-refractivity contribution in [2.75, 3.05) is 18.6 Å². The largest absolute Gasteiger partial charge is 0.523 e. The van der Waals surface area contributed by atoms with E-state index in [-0.39, 0.29) is 12.3 Å². The maximum atomic E-state index is 12.5. The number of ether oxygens (including phenoxy) is 2. The number of benzene rings is 1. The van der Waals surface area contributed by atoms with Crippen LogP contribution in [0.4, 0.5) is 18.9 Å². The molecule has 0 radical (unpaired) electrons. The van der Waals surface area contributed by atoms with Crippen LogP contribution in [0.3, 0.4) is 0 Å². The molecule has 1 aliphatic rings. The molecule has 1 saturated heterocycles. The highest BCUT2D eigenvalue weighted by molar-refractivity contribution is 7.87. The Hall–Kier alpha value is -2.34. The van der Waals surface area contributed by atoms with Gasteiger partial charge in [-0.3, -0.25) is 9.69 Å². The molecule has 26 heavy (non-hydrogen) atoms. The summed E-state index contributed by atoms with van der Waals surface area (Å²) in [5, 5.41) is 0. The lowest BCUT2D eigenvalue weighted by molar-refractivity contribution is -0.157. The highest BCUT2D eigenvalue weighted by Crippen LogP contribution is 2.35. The third-order valence-corrected chi connectivity index (χ3v) is 4.47. The van der Waals surface area contributed by atoms with E-state index in [1.54, 1.807) is 0 Å². The normalized spacial score (nSPS) is 20.5. The minimum absolute atomic E-state index is 0.126. The van der Waals surface area contributed by atoms with E-state index in [9.17, 15) is 31.2 Å². The molecule has 0 aromatic heterocycles. The van der Waals surface area contributed by atoms with E-state index in [2.05, 4.69) is 4.18 Å². The average Bonchev–Trinajstić information content (AvgIpc) is 2.56. The first kappa shape index (κ1) is 20.0. The summed E-state index contributed by atoms with van der Waals surface area (Å²) in [5.41, 5.74) is -5.59. The molecule has 0 aliphatic carbocycles. The van der Waals surface area contributed by atoms with Gasteiger partial charge in [-0.15, -0.1) is 0 Å². The molecule has 1 aromatic rings. The van der Waals surface area contributed by atoms with E-state index in [0.717, 1.165) is 4.90 Å². The van der Waals surface area contributed by atoms with Crippen molar-refractivity contribution in [3.8, 4) is 5.75 Å². The lowest BCUT2D eigenvalue weighted by atomic mass is 9.97. The lowest BCUT2D eigenvalue weighted by Gasteiger charge is -2.43. The van der Waals surface area contributed by atoms with Gasteiger partial charge in [0.15, 0.2) is 12.1 Å². The average molecular weight is 397 g/mol. The first-order chi connectivity index (χ1) is 12.0. The Morgan fingerprint density at radius 2 is 1.81 bits per heavy atom. The Morgan fingerprint density at radius 3 is 2.27 bits per heavy atom. The molecule has 1 aliphatic heterocycles. The molecule has 12 heteroatoms. The molecule has 2 rings (SSSR count). The van der Waals surface area contributed by atoms with Crippen LogP contribution in [-0.2, 0) is 28.6 Å². The number of amides is 1. The summed E-state index contributed by atoms with van der Waals surface area (Å²) in [6.07, 6.45) is -2.16. The highest BCUT2D eigenvalue weighted by Gasteiger charge is 2.60. The number of carbonyl (C=O) groups excluding carboxylic acids is 2. The topological polar surface area (TPSA) is 99.2 Å². The van der Waals surface area contributed by atoms with Crippen molar-refractivity contribution in [3.05, 3.63) is 24.3 Å². The Kier molecular flexibility index (Phi) is 5.47. The van der Waals surface area contributed by atoms with Crippen molar-refractivity contribution in [2.24, 2.45) is 0 Å². The third kappa shape index (κ3) is 3.60. The summed E-state index contributed by atoms with van der Waals surface area (Å²) in [6, 6.07) is 3.97. The molecule has 1 fully saturated rings. The van der Waals surface area contributed by atoms with Gasteiger partial charge in [-0.05, 0) is 31.2 Å². The summed E-state index contributed by atoms with van der Waals surface area (Å²) in [6.45, 7) is 1.32. The Morgan fingerprint density at radius 1 is 1.23 bits per heavy atom. The number of alkyl halides is 3. The van der Waals surface area contributed by atoms with E-state index in [0.29, 0.717) is 5.75 Å². The number of carbonyl (C=O) groups is 2. The number of β-lactam (4-membered cyclic amide) rings is 1. The highest BCUT2D eigenvalue weighted by atomic mass is 32.2. The predicted octanol–water partition coefficient (Wildman–Crippen LogP) is 1.21. The maximum absolute atomic E-state index is 12.5. The standard InChI is InChI=1S/C14H14F3NO7S/c1-3-24-13(20)10-11(25-26(21,22)14(15,16)17)12(19)18(10)8-4-6-9(23-2)7-5-8/h4-7,10-11H,3H2,1-2H3/t10-,11?/m0/s1. The second kappa shape index (κ2) is 7.11. The van der Waals surface area contributed by atoms with Gasteiger partial charge in [-0.25, -0.2) is 8.98 Å². The zero-order valence-electron chi connectivity index (χ0n) is 13.5. The molecule has 0 saturated carbocycles. The Labute approximate surface area is 146 Å². The van der Waals surface area contributed by atoms with Crippen molar-refractivity contribution >= 4 is 27.7 Å². The number of esters is 1. The first-order valence-electron chi connectivity index (χ1n) is 7.16. The van der Waals surface area contributed by atoms with Crippen LogP contribution in [0.2, 0.25) is 0 Å². The first-order valence-corrected chi connectivity index (χ1v) is 8.57. The van der Waals surface area contributed by atoms with Crippen molar-refractivity contribution in [1.29, 1.82) is 0 Å². The van der Waals surface area contributed by atoms with Gasteiger partial charge in [0.05, 0.1) is 13.7 Å². The van der Waals surface area contributed by atoms with Crippen molar-refractivity contribution in [1.82, 2.24) is 0 Å². The van der Waals surface area contributed by atoms with Gasteiger partial charge < -0.3 is 9.47 Å². The summed E-state index contributed by atoms with van der Waals surface area (Å²) in [4.78, 5) is 25.0. The quantitative estimate of drug-likeness (QED) is 0.308. The van der Waals surface area contributed by atoms with Gasteiger partial charge in [0.25, 0.3) is 5.91 Å². The fourth-order valence-electron chi connectivity index (χ4n) is 2.23. The SMILES string of the molecule is CCOC(=O)[C@@H]1C(OS(=O)(=O)C(F)(F)F)C(=O)N1c1ccc(OC)cc1. The number of hydrogen-bond acceptors (Lipinski definition) is 7. The molecular weight excluding hydrogens is 383 g/mol. The zero-order chi connectivity index (χ0) is 19.7. The Bertz CT molecular complexity index is 792. The van der Waals surface area contributed by atoms with Crippen LogP contribution in [0, 0.1) is 0 Å². The Balaban J connectivity index is 2.33. The fraction of sp³-hybridized carbons (Fsp3) is 0.429. The van der Waals surface area contributed by atoms with E-state index < -0.39 is 39.6 Å². The van der Waals surface area contributed by atoms with Gasteiger partial charge in [0.2, 0.25) is 0 Å². The number of methoxy groups -OCH3 is 1. The van der Waals surface area contributed by atoms with E-state index in [1.165, 1.54) is 38.3 Å². The molecule has 1 amide bonds. The minimum atomic E-state index is -6.06. The molecule has 1 aromatic carbocycles. The van der Waals surface area contributed by atoms with Crippen molar-refractivity contribution in [2.45, 2.75) is 24.6 Å². The van der Waals surface area contributed by atoms with Crippen molar-refractivity contribution < 1.29 is 44.8 Å². The number of anilines is 1. The molecule has 1 heterocycles. The van der Waals surface area contributed by atoms with E-state index >= 15 is 0 Å². The summed E-state index contributed by atoms with van der Waals surface area (Å²) < 4.78 is 73.4. The molecule has 1 unspecified atom stereocenters. The summed E-state index contributed by atoms with van der Waals surface area (Å²) >= 11 is 0. The molecule has 144 valence electrons. The summed E-state index contributed by atoms with van der Waals surface area (Å²) in [5.74, 6) is -1.78. The van der Waals surface area contributed by atoms with Crippen LogP contribution in [0.25, 0.3) is 0 Å². The number of halogens is 3. The molecule has 8 nitrogen and oxygen atoms in total. The molecule has 0 spiro atoms. The fourth-order valence-corrected chi connectivity index (χ4v) is 2.80. The van der Waals surface area contributed by atoms with Crippen LogP contribution in [0.5, 0.6) is 5.75 Å². The minimum Gasteiger partial charge on any atom is -0.497 e. The van der Waals surface area contributed by atoms with Crippen LogP contribution >= 0.6 is 0 Å². The van der Waals surface area contributed by atoms with Gasteiger partial charge in [0, 0.05) is 5.69 Å². The van der Waals surface area contributed by atoms with Crippen molar-refractivity contribution in [3.63, 3.8) is 0 Å².